The first kappa shape index (κ1) is 12.2. The van der Waals surface area contributed by atoms with Crippen molar-refractivity contribution in [2.24, 2.45) is 5.16 Å². The molecule has 0 radical (unpaired) electrons. The molecule has 3 rings (SSSR count). The Morgan fingerprint density at radius 1 is 1.42 bits per heavy atom. The maximum Gasteiger partial charge on any atom is 0.181 e. The summed E-state index contributed by atoms with van der Waals surface area (Å²) >= 11 is 6.02. The van der Waals surface area contributed by atoms with E-state index in [1.54, 1.807) is 0 Å². The van der Waals surface area contributed by atoms with E-state index in [4.69, 9.17) is 21.3 Å². The van der Waals surface area contributed by atoms with Gasteiger partial charge in [0.05, 0.1) is 5.56 Å². The summed E-state index contributed by atoms with van der Waals surface area (Å²) in [6, 6.07) is 7.84. The number of hydrogen-bond donors (Lipinski definition) is 1. The molecule has 0 atom stereocenters. The van der Waals surface area contributed by atoms with Gasteiger partial charge in [-0.15, -0.1) is 0 Å². The number of aryl methyl sites for hydroxylation is 1. The fraction of sp³-hybridized carbons (Fsp3) is 0.286. The Morgan fingerprint density at radius 3 is 2.79 bits per heavy atom. The lowest BCUT2D eigenvalue weighted by Crippen LogP contribution is -1.97. The normalized spacial score (nSPS) is 15.8. The highest BCUT2D eigenvalue weighted by Gasteiger charge is 2.34. The molecule has 19 heavy (non-hydrogen) atoms. The molecular formula is C14H13ClN2O2. The molecule has 1 aliphatic rings. The highest BCUT2D eigenvalue weighted by molar-refractivity contribution is 6.70. The predicted molar refractivity (Wildman–Crippen MR) is 72.8 cm³/mol. The van der Waals surface area contributed by atoms with Crippen LogP contribution in [0.1, 0.15) is 35.6 Å². The van der Waals surface area contributed by atoms with Crippen LogP contribution in [0, 0.1) is 6.92 Å². The Labute approximate surface area is 115 Å². The number of hydrogen-bond acceptors (Lipinski definition) is 4. The Kier molecular flexibility index (Phi) is 3.03. The van der Waals surface area contributed by atoms with Crippen LogP contribution in [0.2, 0.25) is 0 Å². The molecule has 2 aromatic rings. The van der Waals surface area contributed by atoms with Crippen molar-refractivity contribution in [2.75, 3.05) is 0 Å². The summed E-state index contributed by atoms with van der Waals surface area (Å²) in [5.41, 5.74) is 3.26. The molecule has 0 saturated heterocycles. The van der Waals surface area contributed by atoms with Gasteiger partial charge in [0.25, 0.3) is 0 Å². The minimum atomic E-state index is 0.0291. The second kappa shape index (κ2) is 4.70. The van der Waals surface area contributed by atoms with Crippen LogP contribution < -0.4 is 0 Å². The van der Waals surface area contributed by atoms with Gasteiger partial charge in [-0.05, 0) is 25.3 Å². The van der Waals surface area contributed by atoms with Crippen molar-refractivity contribution >= 4 is 16.8 Å². The second-order valence-electron chi connectivity index (χ2n) is 4.75. The Morgan fingerprint density at radius 2 is 2.16 bits per heavy atom. The van der Waals surface area contributed by atoms with E-state index < -0.39 is 0 Å². The number of aromatic nitrogens is 1. The number of rotatable bonds is 3. The zero-order valence-electron chi connectivity index (χ0n) is 10.4. The van der Waals surface area contributed by atoms with E-state index in [-0.39, 0.29) is 5.17 Å². The molecule has 1 aromatic heterocycles. The van der Waals surface area contributed by atoms with Crippen LogP contribution in [0.3, 0.4) is 0 Å². The number of nitrogens with zero attached hydrogens (tertiary/aromatic N) is 2. The average Bonchev–Trinajstić information content (AvgIpc) is 3.18. The highest BCUT2D eigenvalue weighted by atomic mass is 35.5. The van der Waals surface area contributed by atoms with E-state index in [9.17, 15) is 0 Å². The average molecular weight is 277 g/mol. The smallest absolute Gasteiger partial charge is 0.181 e. The van der Waals surface area contributed by atoms with Crippen LogP contribution in [0.5, 0.6) is 0 Å². The van der Waals surface area contributed by atoms with Crippen molar-refractivity contribution in [3.8, 4) is 11.3 Å². The van der Waals surface area contributed by atoms with Crippen molar-refractivity contribution in [1.29, 1.82) is 0 Å². The highest BCUT2D eigenvalue weighted by Crippen LogP contribution is 2.44. The summed E-state index contributed by atoms with van der Waals surface area (Å²) in [5.74, 6) is 1.07. The molecule has 0 aliphatic heterocycles. The van der Waals surface area contributed by atoms with Crippen LogP contribution in [0.15, 0.2) is 33.9 Å². The summed E-state index contributed by atoms with van der Waals surface area (Å²) in [7, 11) is 0. The minimum absolute atomic E-state index is 0.0291. The van der Waals surface area contributed by atoms with Crippen LogP contribution in [-0.2, 0) is 0 Å². The SMILES string of the molecule is Cc1ccccc1-c1noc(C2CC2)c1C(Cl)=NO. The van der Waals surface area contributed by atoms with Gasteiger partial charge in [-0.25, -0.2) is 0 Å². The molecule has 1 fully saturated rings. The van der Waals surface area contributed by atoms with Gasteiger partial charge in [0.1, 0.15) is 5.69 Å². The van der Waals surface area contributed by atoms with Crippen LogP contribution in [0.4, 0.5) is 0 Å². The molecule has 0 unspecified atom stereocenters. The molecular weight excluding hydrogens is 264 g/mol. The molecule has 1 heterocycles. The van der Waals surface area contributed by atoms with Gasteiger partial charge in [0.15, 0.2) is 10.9 Å². The van der Waals surface area contributed by atoms with Gasteiger partial charge in [0.2, 0.25) is 0 Å². The topological polar surface area (TPSA) is 58.6 Å². The monoisotopic (exact) mass is 276 g/mol. The summed E-state index contributed by atoms with van der Waals surface area (Å²) < 4.78 is 5.43. The molecule has 1 aliphatic carbocycles. The molecule has 98 valence electrons. The quantitative estimate of drug-likeness (QED) is 0.525. The Hall–Kier alpha value is -1.81. The zero-order chi connectivity index (χ0) is 13.4. The minimum Gasteiger partial charge on any atom is -0.410 e. The number of halogens is 1. The van der Waals surface area contributed by atoms with E-state index in [0.717, 1.165) is 29.7 Å². The third kappa shape index (κ3) is 2.12. The summed E-state index contributed by atoms with van der Waals surface area (Å²) in [4.78, 5) is 0. The van der Waals surface area contributed by atoms with Gasteiger partial charge in [-0.2, -0.15) is 0 Å². The van der Waals surface area contributed by atoms with Crippen molar-refractivity contribution < 1.29 is 9.73 Å². The standard InChI is InChI=1S/C14H13ClN2O2/c1-8-4-2-3-5-10(8)12-11(14(15)16-18)13(19-17-12)9-6-7-9/h2-5,9,18H,6-7H2,1H3. The molecule has 0 spiro atoms. The fourth-order valence-corrected chi connectivity index (χ4v) is 2.38. The van der Waals surface area contributed by atoms with Crippen molar-refractivity contribution in [3.05, 3.63) is 41.2 Å². The Bertz CT molecular complexity index is 645. The third-order valence-corrected chi connectivity index (χ3v) is 3.63. The largest absolute Gasteiger partial charge is 0.410 e. The van der Waals surface area contributed by atoms with Gasteiger partial charge >= 0.3 is 0 Å². The van der Waals surface area contributed by atoms with Gasteiger partial charge < -0.3 is 9.73 Å². The molecule has 1 aromatic carbocycles. The van der Waals surface area contributed by atoms with E-state index in [0.29, 0.717) is 17.2 Å². The predicted octanol–water partition coefficient (Wildman–Crippen LogP) is 3.90. The molecule has 0 bridgehead atoms. The molecule has 0 amide bonds. The lowest BCUT2D eigenvalue weighted by Gasteiger charge is -2.03. The van der Waals surface area contributed by atoms with E-state index in [1.165, 1.54) is 0 Å². The van der Waals surface area contributed by atoms with Crippen molar-refractivity contribution in [1.82, 2.24) is 5.16 Å². The molecule has 4 nitrogen and oxygen atoms in total. The van der Waals surface area contributed by atoms with Crippen molar-refractivity contribution in [2.45, 2.75) is 25.7 Å². The molecule has 1 N–H and O–H groups in total. The van der Waals surface area contributed by atoms with E-state index in [1.807, 2.05) is 31.2 Å². The van der Waals surface area contributed by atoms with Crippen LogP contribution >= 0.6 is 11.6 Å². The maximum absolute atomic E-state index is 8.96. The fourth-order valence-electron chi connectivity index (χ4n) is 2.20. The first-order chi connectivity index (χ1) is 9.22. The number of benzene rings is 1. The first-order valence-corrected chi connectivity index (χ1v) is 6.53. The summed E-state index contributed by atoms with van der Waals surface area (Å²) in [5, 5.41) is 16.2. The lowest BCUT2D eigenvalue weighted by atomic mass is 10.0. The van der Waals surface area contributed by atoms with E-state index in [2.05, 4.69) is 10.3 Å². The van der Waals surface area contributed by atoms with Crippen molar-refractivity contribution in [3.63, 3.8) is 0 Å². The molecule has 1 saturated carbocycles. The summed E-state index contributed by atoms with van der Waals surface area (Å²) in [6.45, 7) is 1.99. The summed E-state index contributed by atoms with van der Waals surface area (Å²) in [6.07, 6.45) is 2.12. The van der Waals surface area contributed by atoms with Gasteiger partial charge in [-0.1, -0.05) is 46.2 Å². The third-order valence-electron chi connectivity index (χ3n) is 3.36. The van der Waals surface area contributed by atoms with Crippen LogP contribution in [0.25, 0.3) is 11.3 Å². The maximum atomic E-state index is 8.96. The van der Waals surface area contributed by atoms with Gasteiger partial charge in [-0.3, -0.25) is 0 Å². The zero-order valence-corrected chi connectivity index (χ0v) is 11.2. The lowest BCUT2D eigenvalue weighted by molar-refractivity contribution is 0.320. The Balaban J connectivity index is 2.19. The second-order valence-corrected chi connectivity index (χ2v) is 5.11. The number of oxime groups is 1. The molecule has 5 heteroatoms. The van der Waals surface area contributed by atoms with Gasteiger partial charge in [0, 0.05) is 11.5 Å². The van der Waals surface area contributed by atoms with Crippen LogP contribution in [-0.4, -0.2) is 15.5 Å². The van der Waals surface area contributed by atoms with E-state index >= 15 is 0 Å². The first-order valence-electron chi connectivity index (χ1n) is 6.16.